The standard InChI is InChI=1S/C24H30N4O3/c1-27-20-13-28-19(8-7-17(24(28)31)15-9-11-25-12-10-15)22(27)21(18(20)14-29)23(30)26-16-5-3-2-4-6-16/h7-12,16,18,20-22,29H,2-6,13-14H2,1H3,(H,26,30)/t18-,20-,21+,22+/m0/s1. The number of amides is 1. The highest BCUT2D eigenvalue weighted by Crippen LogP contribution is 2.47. The van der Waals surface area contributed by atoms with Crippen LogP contribution in [0.1, 0.15) is 43.8 Å². The smallest absolute Gasteiger partial charge is 0.258 e. The lowest BCUT2D eigenvalue weighted by atomic mass is 9.85. The Morgan fingerprint density at radius 2 is 1.90 bits per heavy atom. The van der Waals surface area contributed by atoms with Crippen LogP contribution in [0.2, 0.25) is 0 Å². The molecule has 164 valence electrons. The summed E-state index contributed by atoms with van der Waals surface area (Å²) in [5.74, 6) is -0.534. The van der Waals surface area contributed by atoms with Gasteiger partial charge in [0.05, 0.1) is 12.0 Å². The van der Waals surface area contributed by atoms with E-state index in [0.29, 0.717) is 12.1 Å². The molecule has 2 aliphatic heterocycles. The first-order valence-electron chi connectivity index (χ1n) is 11.4. The zero-order valence-corrected chi connectivity index (χ0v) is 17.9. The van der Waals surface area contributed by atoms with Crippen molar-refractivity contribution in [2.24, 2.45) is 11.8 Å². The molecule has 3 aliphatic rings. The van der Waals surface area contributed by atoms with Crippen LogP contribution in [0.5, 0.6) is 0 Å². The van der Waals surface area contributed by atoms with E-state index in [4.69, 9.17) is 0 Å². The highest BCUT2D eigenvalue weighted by molar-refractivity contribution is 5.81. The van der Waals surface area contributed by atoms with Crippen LogP contribution in [-0.4, -0.2) is 51.2 Å². The van der Waals surface area contributed by atoms with Crippen molar-refractivity contribution in [1.82, 2.24) is 19.8 Å². The molecule has 2 N–H and O–H groups in total. The van der Waals surface area contributed by atoms with Gasteiger partial charge in [-0.25, -0.2) is 0 Å². The quantitative estimate of drug-likeness (QED) is 0.787. The second-order valence-electron chi connectivity index (χ2n) is 9.22. The third-order valence-corrected chi connectivity index (χ3v) is 7.59. The van der Waals surface area contributed by atoms with Crippen LogP contribution >= 0.6 is 0 Å². The van der Waals surface area contributed by atoms with Gasteiger partial charge in [-0.3, -0.25) is 19.5 Å². The van der Waals surface area contributed by atoms with Crippen molar-refractivity contribution in [2.45, 2.75) is 56.8 Å². The van der Waals surface area contributed by atoms with Crippen LogP contribution in [0.25, 0.3) is 11.1 Å². The highest BCUT2D eigenvalue weighted by atomic mass is 16.3. The summed E-state index contributed by atoms with van der Waals surface area (Å²) in [5.41, 5.74) is 2.30. The number of pyridine rings is 2. The van der Waals surface area contributed by atoms with Crippen LogP contribution < -0.4 is 10.9 Å². The normalized spacial score (nSPS) is 28.3. The van der Waals surface area contributed by atoms with Gasteiger partial charge in [-0.05, 0) is 49.7 Å². The molecule has 7 nitrogen and oxygen atoms in total. The van der Waals surface area contributed by atoms with Gasteiger partial charge in [0.2, 0.25) is 5.91 Å². The molecule has 0 unspecified atom stereocenters. The summed E-state index contributed by atoms with van der Waals surface area (Å²) in [4.78, 5) is 33.0. The summed E-state index contributed by atoms with van der Waals surface area (Å²) in [6.45, 7) is 0.423. The van der Waals surface area contributed by atoms with Gasteiger partial charge >= 0.3 is 0 Å². The first kappa shape index (κ1) is 20.4. The summed E-state index contributed by atoms with van der Waals surface area (Å²) in [7, 11) is 2.01. The van der Waals surface area contributed by atoms with Gasteiger partial charge in [-0.2, -0.15) is 0 Å². The molecule has 0 spiro atoms. The number of rotatable bonds is 4. The van der Waals surface area contributed by atoms with Crippen molar-refractivity contribution in [3.05, 3.63) is 52.7 Å². The predicted octanol–water partition coefficient (Wildman–Crippen LogP) is 1.95. The van der Waals surface area contributed by atoms with Gasteiger partial charge in [0.1, 0.15) is 0 Å². The summed E-state index contributed by atoms with van der Waals surface area (Å²) in [6, 6.07) is 7.49. The number of nitrogens with one attached hydrogen (secondary N) is 1. The molecule has 1 saturated carbocycles. The average molecular weight is 423 g/mol. The third-order valence-electron chi connectivity index (χ3n) is 7.59. The van der Waals surface area contributed by atoms with E-state index < -0.39 is 0 Å². The van der Waals surface area contributed by atoms with Gasteiger partial charge in [0.25, 0.3) is 5.56 Å². The van der Waals surface area contributed by atoms with E-state index in [1.54, 1.807) is 12.4 Å². The maximum absolute atomic E-state index is 13.4. The molecule has 4 heterocycles. The molecule has 2 fully saturated rings. The number of fused-ring (bicyclic) bond motifs is 4. The van der Waals surface area contributed by atoms with E-state index in [1.807, 2.05) is 35.9 Å². The van der Waals surface area contributed by atoms with Crippen LogP contribution in [0.3, 0.4) is 0 Å². The lowest BCUT2D eigenvalue weighted by Crippen LogP contribution is -2.45. The number of aliphatic hydroxyl groups is 1. The summed E-state index contributed by atoms with van der Waals surface area (Å²) in [6.07, 6.45) is 8.96. The van der Waals surface area contributed by atoms with Gasteiger partial charge < -0.3 is 15.0 Å². The van der Waals surface area contributed by atoms with Crippen molar-refractivity contribution in [2.75, 3.05) is 13.7 Å². The van der Waals surface area contributed by atoms with E-state index in [0.717, 1.165) is 36.9 Å². The van der Waals surface area contributed by atoms with Crippen molar-refractivity contribution >= 4 is 5.91 Å². The summed E-state index contributed by atoms with van der Waals surface area (Å²) in [5, 5.41) is 13.5. The SMILES string of the molecule is CN1[C@@H]2c3ccc(-c4ccncc4)c(=O)n3C[C@H]1[C@H](CO)[C@H]2C(=O)NC1CCCCC1. The Balaban J connectivity index is 1.51. The lowest BCUT2D eigenvalue weighted by molar-refractivity contribution is -0.128. The van der Waals surface area contributed by atoms with Crippen LogP contribution in [0.15, 0.2) is 41.5 Å². The van der Waals surface area contributed by atoms with Gasteiger partial charge in [-0.15, -0.1) is 0 Å². The molecule has 2 aromatic rings. The highest BCUT2D eigenvalue weighted by Gasteiger charge is 2.54. The minimum absolute atomic E-state index is 0.0180. The third kappa shape index (κ3) is 3.40. The molecule has 2 bridgehead atoms. The number of carbonyl (C=O) groups is 1. The molecule has 31 heavy (non-hydrogen) atoms. The van der Waals surface area contributed by atoms with Crippen molar-refractivity contribution in [3.63, 3.8) is 0 Å². The number of carbonyl (C=O) groups excluding carboxylic acids is 1. The monoisotopic (exact) mass is 422 g/mol. The lowest BCUT2D eigenvalue weighted by Gasteiger charge is -2.35. The Labute approximate surface area is 182 Å². The summed E-state index contributed by atoms with van der Waals surface area (Å²) >= 11 is 0. The minimum atomic E-state index is -0.359. The van der Waals surface area contributed by atoms with E-state index >= 15 is 0 Å². The van der Waals surface area contributed by atoms with Gasteiger partial charge in [-0.1, -0.05) is 19.3 Å². The molecule has 7 heteroatoms. The number of hydrogen-bond donors (Lipinski definition) is 2. The van der Waals surface area contributed by atoms with Gasteiger partial charge in [0, 0.05) is 54.8 Å². The fraction of sp³-hybridized carbons (Fsp3) is 0.542. The molecule has 4 atom stereocenters. The first-order valence-corrected chi connectivity index (χ1v) is 11.4. The molecule has 2 aromatic heterocycles. The largest absolute Gasteiger partial charge is 0.396 e. The Morgan fingerprint density at radius 3 is 2.61 bits per heavy atom. The first-order chi connectivity index (χ1) is 15.1. The van der Waals surface area contributed by atoms with Crippen molar-refractivity contribution in [1.29, 1.82) is 0 Å². The Hall–Kier alpha value is -2.51. The molecule has 1 aliphatic carbocycles. The molecule has 1 amide bonds. The molecule has 0 radical (unpaired) electrons. The zero-order valence-electron chi connectivity index (χ0n) is 17.9. The van der Waals surface area contributed by atoms with Crippen molar-refractivity contribution in [3.8, 4) is 11.1 Å². The number of nitrogens with zero attached hydrogens (tertiary/aromatic N) is 3. The predicted molar refractivity (Wildman–Crippen MR) is 117 cm³/mol. The van der Waals surface area contributed by atoms with E-state index in [9.17, 15) is 14.7 Å². The average Bonchev–Trinajstić information content (AvgIpc) is 2.97. The Morgan fingerprint density at radius 1 is 1.16 bits per heavy atom. The van der Waals surface area contributed by atoms with E-state index in [-0.39, 0.29) is 48.0 Å². The molecule has 0 aromatic carbocycles. The number of aliphatic hydroxyl groups excluding tert-OH is 1. The fourth-order valence-corrected chi connectivity index (χ4v) is 5.99. The number of likely N-dealkylation sites (N-methyl/N-ethyl adjacent to an activating group) is 1. The summed E-state index contributed by atoms with van der Waals surface area (Å²) < 4.78 is 1.82. The Bertz CT molecular complexity index is 1020. The van der Waals surface area contributed by atoms with Gasteiger partial charge in [0.15, 0.2) is 0 Å². The molecule has 1 saturated heterocycles. The number of aromatic nitrogens is 2. The minimum Gasteiger partial charge on any atom is -0.396 e. The topological polar surface area (TPSA) is 87.5 Å². The van der Waals surface area contributed by atoms with Crippen LogP contribution in [0.4, 0.5) is 0 Å². The maximum atomic E-state index is 13.4. The Kier molecular flexibility index (Phi) is 5.40. The van der Waals surface area contributed by atoms with E-state index in [2.05, 4.69) is 15.2 Å². The van der Waals surface area contributed by atoms with E-state index in [1.165, 1.54) is 6.42 Å². The molecular weight excluding hydrogens is 392 g/mol. The second-order valence-corrected chi connectivity index (χ2v) is 9.22. The van der Waals surface area contributed by atoms with Crippen LogP contribution in [-0.2, 0) is 11.3 Å². The fourth-order valence-electron chi connectivity index (χ4n) is 5.99. The zero-order chi connectivity index (χ0) is 21.5. The second kappa shape index (κ2) is 8.20. The maximum Gasteiger partial charge on any atom is 0.258 e. The number of hydrogen-bond acceptors (Lipinski definition) is 5. The van der Waals surface area contributed by atoms with Crippen molar-refractivity contribution < 1.29 is 9.90 Å². The molecular formula is C24H30N4O3. The molecule has 5 rings (SSSR count). The van der Waals surface area contributed by atoms with Crippen LogP contribution in [0, 0.1) is 11.8 Å².